The van der Waals surface area contributed by atoms with E-state index in [1.165, 1.54) is 0 Å². The second-order valence-corrected chi connectivity index (χ2v) is 2.67. The zero-order chi connectivity index (χ0) is 12.5. The average Bonchev–Trinajstić information content (AvgIpc) is 2.15. The van der Waals surface area contributed by atoms with Crippen molar-refractivity contribution in [3.8, 4) is 0 Å². The third-order valence-corrected chi connectivity index (χ3v) is 1.70. The van der Waals surface area contributed by atoms with Crippen molar-refractivity contribution in [1.29, 1.82) is 0 Å². The van der Waals surface area contributed by atoms with Crippen molar-refractivity contribution in [1.82, 2.24) is 4.98 Å². The highest BCUT2D eigenvalue weighted by molar-refractivity contribution is 5.89. The van der Waals surface area contributed by atoms with Crippen LogP contribution >= 0.6 is 0 Å². The van der Waals surface area contributed by atoms with Crippen LogP contribution in [0, 0.1) is 10.1 Å². The number of pyridine rings is 1. The number of aromatic carboxylic acids is 1. The highest BCUT2D eigenvalue weighted by Gasteiger charge is 2.26. The van der Waals surface area contributed by atoms with Gasteiger partial charge in [0.2, 0.25) is 0 Å². The first-order chi connectivity index (χ1) is 7.34. The maximum Gasteiger partial charge on any atom is 0.341 e. The third kappa shape index (κ3) is 2.02. The van der Waals surface area contributed by atoms with Crippen LogP contribution in [0.25, 0.3) is 0 Å². The minimum absolute atomic E-state index is 0.380. The van der Waals surface area contributed by atoms with Crippen LogP contribution in [0.15, 0.2) is 10.9 Å². The Kier molecular flexibility index (Phi) is 2.97. The van der Waals surface area contributed by atoms with Crippen LogP contribution in [0.4, 0.5) is 14.6 Å². The Balaban J connectivity index is 3.59. The fourth-order valence-electron chi connectivity index (χ4n) is 1.05. The highest BCUT2D eigenvalue weighted by atomic mass is 19.3. The van der Waals surface area contributed by atoms with Crippen LogP contribution in [0.1, 0.15) is 22.3 Å². The maximum atomic E-state index is 12.3. The van der Waals surface area contributed by atoms with Gasteiger partial charge in [0, 0.05) is 6.07 Å². The molecule has 0 aromatic carbocycles. The second kappa shape index (κ2) is 4.04. The molecule has 0 aliphatic rings. The number of hydrogen-bond acceptors (Lipinski definition) is 4. The molecule has 1 heterocycles. The number of hydrogen-bond donors (Lipinski definition) is 2. The Morgan fingerprint density at radius 3 is 2.50 bits per heavy atom. The molecule has 1 aromatic rings. The van der Waals surface area contributed by atoms with Crippen LogP contribution in [0.5, 0.6) is 0 Å². The van der Waals surface area contributed by atoms with Crippen LogP contribution in [0.2, 0.25) is 0 Å². The smallest absolute Gasteiger partial charge is 0.341 e. The minimum atomic E-state index is -3.32. The SMILES string of the molecule is O=C(O)c1cc([N+](=O)[O-])[nH]c(=O)c1C(F)F. The lowest BCUT2D eigenvalue weighted by molar-refractivity contribution is -0.389. The first-order valence-electron chi connectivity index (χ1n) is 3.77. The Morgan fingerprint density at radius 1 is 1.56 bits per heavy atom. The molecule has 1 rings (SSSR count). The monoisotopic (exact) mass is 234 g/mol. The number of carboxylic acids is 1. The molecule has 1 aromatic heterocycles. The normalized spacial score (nSPS) is 10.4. The number of rotatable bonds is 3. The second-order valence-electron chi connectivity index (χ2n) is 2.67. The van der Waals surface area contributed by atoms with Crippen molar-refractivity contribution in [3.05, 3.63) is 37.7 Å². The zero-order valence-corrected chi connectivity index (χ0v) is 7.44. The molecule has 0 aliphatic carbocycles. The fourth-order valence-corrected chi connectivity index (χ4v) is 1.05. The summed E-state index contributed by atoms with van der Waals surface area (Å²) >= 11 is 0. The lowest BCUT2D eigenvalue weighted by Crippen LogP contribution is -2.20. The van der Waals surface area contributed by atoms with Gasteiger partial charge in [0.25, 0.3) is 6.43 Å². The third-order valence-electron chi connectivity index (χ3n) is 1.70. The van der Waals surface area contributed by atoms with Crippen LogP contribution in [-0.4, -0.2) is 21.0 Å². The van der Waals surface area contributed by atoms with E-state index in [0.29, 0.717) is 6.07 Å². The van der Waals surface area contributed by atoms with Gasteiger partial charge in [0.15, 0.2) is 0 Å². The molecular formula is C7H4F2N2O5. The molecule has 16 heavy (non-hydrogen) atoms. The quantitative estimate of drug-likeness (QED) is 0.596. The van der Waals surface area contributed by atoms with Gasteiger partial charge in [-0.3, -0.25) is 0 Å². The lowest BCUT2D eigenvalue weighted by Gasteiger charge is -2.02. The molecule has 0 atom stereocenters. The van der Waals surface area contributed by atoms with E-state index in [9.17, 15) is 28.5 Å². The van der Waals surface area contributed by atoms with Crippen LogP contribution in [0.3, 0.4) is 0 Å². The van der Waals surface area contributed by atoms with E-state index in [-0.39, 0.29) is 0 Å². The topological polar surface area (TPSA) is 113 Å². The fraction of sp³-hybridized carbons (Fsp3) is 0.143. The van der Waals surface area contributed by atoms with Crippen molar-refractivity contribution >= 4 is 11.8 Å². The molecule has 0 aliphatic heterocycles. The van der Waals surface area contributed by atoms with Gasteiger partial charge in [-0.25, -0.2) is 23.4 Å². The Hall–Kier alpha value is -2.32. The largest absolute Gasteiger partial charge is 0.478 e. The molecule has 9 heteroatoms. The summed E-state index contributed by atoms with van der Waals surface area (Å²) in [4.78, 5) is 32.3. The van der Waals surface area contributed by atoms with Crippen molar-refractivity contribution in [3.63, 3.8) is 0 Å². The minimum Gasteiger partial charge on any atom is -0.478 e. The van der Waals surface area contributed by atoms with Gasteiger partial charge in [-0.2, -0.15) is 0 Å². The van der Waals surface area contributed by atoms with Gasteiger partial charge in [-0.15, -0.1) is 0 Å². The predicted molar refractivity (Wildman–Crippen MR) is 45.6 cm³/mol. The van der Waals surface area contributed by atoms with Gasteiger partial charge in [0.1, 0.15) is 5.56 Å². The Labute approximate surface area is 85.5 Å². The average molecular weight is 234 g/mol. The number of carbonyl (C=O) groups is 1. The molecule has 2 N–H and O–H groups in total. The molecule has 7 nitrogen and oxygen atoms in total. The summed E-state index contributed by atoms with van der Waals surface area (Å²) in [7, 11) is 0. The molecule has 0 saturated heterocycles. The maximum absolute atomic E-state index is 12.3. The molecule has 0 spiro atoms. The van der Waals surface area contributed by atoms with Crippen molar-refractivity contribution in [2.75, 3.05) is 0 Å². The number of alkyl halides is 2. The highest BCUT2D eigenvalue weighted by Crippen LogP contribution is 2.21. The number of nitro groups is 1. The summed E-state index contributed by atoms with van der Waals surface area (Å²) in [6, 6.07) is 0.380. The number of nitrogens with zero attached hydrogens (tertiary/aromatic N) is 1. The summed E-state index contributed by atoms with van der Waals surface area (Å²) in [6.45, 7) is 0. The number of halogens is 2. The summed E-state index contributed by atoms with van der Waals surface area (Å²) < 4.78 is 24.7. The molecule has 0 saturated carbocycles. The van der Waals surface area contributed by atoms with Crippen LogP contribution in [-0.2, 0) is 0 Å². The first kappa shape index (κ1) is 11.8. The molecule has 86 valence electrons. The number of nitrogens with one attached hydrogen (secondary N) is 1. The summed E-state index contributed by atoms with van der Waals surface area (Å²) in [5.41, 5.74) is -3.86. The number of H-pyrrole nitrogens is 1. The molecule has 0 bridgehead atoms. The van der Waals surface area contributed by atoms with E-state index < -0.39 is 39.8 Å². The van der Waals surface area contributed by atoms with E-state index in [1.54, 1.807) is 4.98 Å². The van der Waals surface area contributed by atoms with E-state index in [2.05, 4.69) is 0 Å². The number of aromatic amines is 1. The standard InChI is InChI=1S/C7H4F2N2O5/c8-5(9)4-2(7(13)14)1-3(11(15)16)10-6(4)12/h1,5H,(H,10,12)(H,13,14). The lowest BCUT2D eigenvalue weighted by atomic mass is 10.1. The Bertz CT molecular complexity index is 510. The van der Waals surface area contributed by atoms with E-state index in [1.807, 2.05) is 0 Å². The van der Waals surface area contributed by atoms with E-state index in [0.717, 1.165) is 0 Å². The number of aromatic nitrogens is 1. The molecule has 0 amide bonds. The summed E-state index contributed by atoms with van der Waals surface area (Å²) in [5, 5.41) is 18.8. The van der Waals surface area contributed by atoms with Crippen molar-refractivity contribution in [2.24, 2.45) is 0 Å². The zero-order valence-electron chi connectivity index (χ0n) is 7.44. The molecular weight excluding hydrogens is 230 g/mol. The van der Waals surface area contributed by atoms with E-state index in [4.69, 9.17) is 5.11 Å². The van der Waals surface area contributed by atoms with Gasteiger partial charge >= 0.3 is 17.3 Å². The summed E-state index contributed by atoms with van der Waals surface area (Å²) in [5.74, 6) is -2.78. The van der Waals surface area contributed by atoms with Crippen LogP contribution < -0.4 is 5.56 Å². The van der Waals surface area contributed by atoms with Crippen molar-refractivity contribution < 1.29 is 23.6 Å². The van der Waals surface area contributed by atoms with E-state index >= 15 is 0 Å². The van der Waals surface area contributed by atoms with Gasteiger partial charge in [-0.1, -0.05) is 0 Å². The van der Waals surface area contributed by atoms with Gasteiger partial charge in [0.05, 0.1) is 5.56 Å². The number of carboxylic acid groups (broad SMARTS) is 1. The predicted octanol–water partition coefficient (Wildman–Crippen LogP) is 0.919. The first-order valence-corrected chi connectivity index (χ1v) is 3.77. The van der Waals surface area contributed by atoms with Crippen molar-refractivity contribution in [2.45, 2.75) is 6.43 Å². The Morgan fingerprint density at radius 2 is 2.12 bits per heavy atom. The molecule has 0 radical (unpaired) electrons. The van der Waals surface area contributed by atoms with Gasteiger partial charge < -0.3 is 15.2 Å². The van der Waals surface area contributed by atoms with Gasteiger partial charge in [-0.05, 0) is 4.92 Å². The molecule has 0 unspecified atom stereocenters. The summed E-state index contributed by atoms with van der Waals surface area (Å²) in [6.07, 6.45) is -3.32. The molecule has 0 fully saturated rings.